The molecule has 0 spiro atoms. The van der Waals surface area contributed by atoms with Gasteiger partial charge in [-0.1, -0.05) is 12.1 Å². The van der Waals surface area contributed by atoms with E-state index in [-0.39, 0.29) is 23.5 Å². The summed E-state index contributed by atoms with van der Waals surface area (Å²) in [5.41, 5.74) is 1.29. The molecule has 1 atom stereocenters. The molecule has 1 N–H and O–H groups in total. The van der Waals surface area contributed by atoms with Crippen molar-refractivity contribution >= 4 is 21.8 Å². The summed E-state index contributed by atoms with van der Waals surface area (Å²) in [6.07, 6.45) is 0. The number of carbonyl (C=O) groups is 1. The fraction of sp³-hybridized carbons (Fsp3) is 0.214. The first-order chi connectivity index (χ1) is 8.97. The van der Waals surface area contributed by atoms with E-state index in [0.717, 1.165) is 0 Å². The molecule has 1 aromatic carbocycles. The van der Waals surface area contributed by atoms with Gasteiger partial charge in [-0.25, -0.2) is 4.39 Å². The lowest BCUT2D eigenvalue weighted by molar-refractivity contribution is 0.0910. The topological polar surface area (TPSA) is 42.2 Å². The zero-order valence-corrected chi connectivity index (χ0v) is 12.1. The van der Waals surface area contributed by atoms with Gasteiger partial charge in [-0.2, -0.15) is 0 Å². The van der Waals surface area contributed by atoms with Crippen LogP contribution in [0.4, 0.5) is 4.39 Å². The van der Waals surface area contributed by atoms with Crippen LogP contribution in [0.2, 0.25) is 0 Å². The van der Waals surface area contributed by atoms with E-state index in [1.807, 2.05) is 0 Å². The number of benzene rings is 1. The summed E-state index contributed by atoms with van der Waals surface area (Å²) in [5.74, 6) is -0.398. The summed E-state index contributed by atoms with van der Waals surface area (Å²) < 4.78 is 19.1. The number of nitrogens with one attached hydrogen (secondary N) is 1. The second-order valence-corrected chi connectivity index (χ2v) is 5.09. The van der Waals surface area contributed by atoms with Crippen LogP contribution in [0, 0.1) is 12.7 Å². The number of carbonyl (C=O) groups excluding carboxylic acids is 1. The van der Waals surface area contributed by atoms with Gasteiger partial charge in [0.05, 0.1) is 6.04 Å². The van der Waals surface area contributed by atoms with Crippen molar-refractivity contribution in [3.63, 3.8) is 0 Å². The molecule has 1 heterocycles. The van der Waals surface area contributed by atoms with Crippen molar-refractivity contribution in [2.24, 2.45) is 0 Å². The minimum Gasteiger partial charge on any atom is -0.444 e. The Hall–Kier alpha value is -1.62. The summed E-state index contributed by atoms with van der Waals surface area (Å²) in [5, 5.41) is 2.75. The number of hydrogen-bond donors (Lipinski definition) is 1. The van der Waals surface area contributed by atoms with Gasteiger partial charge in [-0.15, -0.1) is 0 Å². The van der Waals surface area contributed by atoms with Gasteiger partial charge in [0, 0.05) is 0 Å². The van der Waals surface area contributed by atoms with E-state index in [9.17, 15) is 9.18 Å². The molecule has 1 amide bonds. The maximum Gasteiger partial charge on any atom is 0.287 e. The molecule has 0 radical (unpaired) electrons. The molecule has 2 rings (SSSR count). The van der Waals surface area contributed by atoms with Crippen LogP contribution in [-0.4, -0.2) is 5.91 Å². The fourth-order valence-corrected chi connectivity index (χ4v) is 1.97. The summed E-state index contributed by atoms with van der Waals surface area (Å²) in [6.45, 7) is 3.49. The zero-order valence-electron chi connectivity index (χ0n) is 10.5. The predicted octanol–water partition coefficient (Wildman–Crippen LogP) is 3.98. The van der Waals surface area contributed by atoms with Crippen LogP contribution < -0.4 is 5.32 Å². The summed E-state index contributed by atoms with van der Waals surface area (Å²) in [4.78, 5) is 11.9. The van der Waals surface area contributed by atoms with Gasteiger partial charge < -0.3 is 9.73 Å². The molecule has 0 saturated carbocycles. The van der Waals surface area contributed by atoms with Crippen molar-refractivity contribution in [2.45, 2.75) is 19.9 Å². The van der Waals surface area contributed by atoms with E-state index in [4.69, 9.17) is 4.42 Å². The Morgan fingerprint density at radius 1 is 1.37 bits per heavy atom. The second-order valence-electron chi connectivity index (χ2n) is 4.31. The van der Waals surface area contributed by atoms with E-state index in [0.29, 0.717) is 15.8 Å². The van der Waals surface area contributed by atoms with E-state index in [1.165, 1.54) is 6.07 Å². The lowest BCUT2D eigenvalue weighted by Crippen LogP contribution is -2.26. The highest BCUT2D eigenvalue weighted by Gasteiger charge is 2.15. The molecule has 0 fully saturated rings. The van der Waals surface area contributed by atoms with Crippen molar-refractivity contribution in [1.29, 1.82) is 0 Å². The van der Waals surface area contributed by atoms with Crippen molar-refractivity contribution in [1.82, 2.24) is 5.32 Å². The van der Waals surface area contributed by atoms with E-state index in [2.05, 4.69) is 21.2 Å². The van der Waals surface area contributed by atoms with Gasteiger partial charge in [0.15, 0.2) is 10.4 Å². The maximum absolute atomic E-state index is 13.5. The van der Waals surface area contributed by atoms with Crippen LogP contribution in [0.3, 0.4) is 0 Å². The SMILES string of the molecule is Cc1ccc(C(C)NC(=O)c2ccc(Br)o2)cc1F. The first kappa shape index (κ1) is 13.8. The fourth-order valence-electron chi connectivity index (χ4n) is 1.67. The number of furan rings is 1. The predicted molar refractivity (Wildman–Crippen MR) is 73.4 cm³/mol. The molecule has 5 heteroatoms. The molecule has 100 valence electrons. The molecule has 1 unspecified atom stereocenters. The Kier molecular flexibility index (Phi) is 4.04. The Morgan fingerprint density at radius 3 is 2.68 bits per heavy atom. The molecule has 0 aliphatic carbocycles. The van der Waals surface area contributed by atoms with E-state index >= 15 is 0 Å². The highest BCUT2D eigenvalue weighted by molar-refractivity contribution is 9.10. The summed E-state index contributed by atoms with van der Waals surface area (Å²) >= 11 is 3.13. The molecule has 1 aromatic heterocycles. The third kappa shape index (κ3) is 3.23. The smallest absolute Gasteiger partial charge is 0.287 e. The molecule has 2 aromatic rings. The standard InChI is InChI=1S/C14H13BrFNO2/c1-8-3-4-10(7-11(8)16)9(2)17-14(18)12-5-6-13(15)19-12/h3-7,9H,1-2H3,(H,17,18). The van der Waals surface area contributed by atoms with Gasteiger partial charge in [0.25, 0.3) is 5.91 Å². The van der Waals surface area contributed by atoms with Crippen LogP contribution in [0.25, 0.3) is 0 Å². The van der Waals surface area contributed by atoms with Crippen molar-refractivity contribution in [3.05, 3.63) is 57.7 Å². The Morgan fingerprint density at radius 2 is 2.11 bits per heavy atom. The third-order valence-electron chi connectivity index (χ3n) is 2.84. The monoisotopic (exact) mass is 325 g/mol. The first-order valence-corrected chi connectivity index (χ1v) is 6.59. The van der Waals surface area contributed by atoms with Crippen molar-refractivity contribution < 1.29 is 13.6 Å². The number of hydrogen-bond acceptors (Lipinski definition) is 2. The molecule has 0 saturated heterocycles. The van der Waals surface area contributed by atoms with Gasteiger partial charge in [-0.05, 0) is 59.1 Å². The molecule has 3 nitrogen and oxygen atoms in total. The van der Waals surface area contributed by atoms with Gasteiger partial charge >= 0.3 is 0 Å². The van der Waals surface area contributed by atoms with Crippen molar-refractivity contribution in [2.75, 3.05) is 0 Å². The highest BCUT2D eigenvalue weighted by atomic mass is 79.9. The molecule has 19 heavy (non-hydrogen) atoms. The zero-order chi connectivity index (χ0) is 14.0. The Bertz CT molecular complexity index is 609. The number of rotatable bonds is 3. The molecule has 0 aliphatic heterocycles. The lowest BCUT2D eigenvalue weighted by atomic mass is 10.1. The molecular weight excluding hydrogens is 313 g/mol. The van der Waals surface area contributed by atoms with Crippen LogP contribution >= 0.6 is 15.9 Å². The summed E-state index contributed by atoms with van der Waals surface area (Å²) in [6, 6.07) is 7.83. The van der Waals surface area contributed by atoms with Gasteiger partial charge in [0.1, 0.15) is 5.82 Å². The van der Waals surface area contributed by atoms with Crippen LogP contribution in [0.5, 0.6) is 0 Å². The third-order valence-corrected chi connectivity index (χ3v) is 3.27. The largest absolute Gasteiger partial charge is 0.444 e. The van der Waals surface area contributed by atoms with Crippen molar-refractivity contribution in [3.8, 4) is 0 Å². The Balaban J connectivity index is 2.10. The number of halogens is 2. The minimum absolute atomic E-state index is 0.214. The average Bonchev–Trinajstić information content (AvgIpc) is 2.79. The van der Waals surface area contributed by atoms with Crippen LogP contribution in [0.15, 0.2) is 39.4 Å². The van der Waals surface area contributed by atoms with E-state index in [1.54, 1.807) is 38.1 Å². The maximum atomic E-state index is 13.5. The molecule has 0 aliphatic rings. The highest BCUT2D eigenvalue weighted by Crippen LogP contribution is 2.18. The quantitative estimate of drug-likeness (QED) is 0.927. The van der Waals surface area contributed by atoms with E-state index < -0.39 is 0 Å². The van der Waals surface area contributed by atoms with Crippen LogP contribution in [0.1, 0.15) is 34.6 Å². The minimum atomic E-state index is -0.334. The first-order valence-electron chi connectivity index (χ1n) is 5.79. The number of amides is 1. The normalized spacial score (nSPS) is 12.2. The van der Waals surface area contributed by atoms with Gasteiger partial charge in [-0.3, -0.25) is 4.79 Å². The lowest BCUT2D eigenvalue weighted by Gasteiger charge is -2.14. The average molecular weight is 326 g/mol. The molecule has 0 bridgehead atoms. The van der Waals surface area contributed by atoms with Gasteiger partial charge in [0.2, 0.25) is 0 Å². The second kappa shape index (κ2) is 5.57. The van der Waals surface area contributed by atoms with Crippen LogP contribution in [-0.2, 0) is 0 Å². The molecular formula is C14H13BrFNO2. The number of aryl methyl sites for hydroxylation is 1. The summed E-state index contributed by atoms with van der Waals surface area (Å²) in [7, 11) is 0. The Labute approximate surface area is 118 Å².